The Labute approximate surface area is 212 Å². The van der Waals surface area contributed by atoms with Gasteiger partial charge >= 0.3 is 0 Å². The second-order valence-electron chi connectivity index (χ2n) is 8.76. The van der Waals surface area contributed by atoms with Crippen LogP contribution in [-0.4, -0.2) is 105 Å². The van der Waals surface area contributed by atoms with E-state index in [1.807, 2.05) is 26.2 Å². The second kappa shape index (κ2) is 12.9. The summed E-state index contributed by atoms with van der Waals surface area (Å²) < 4.78 is 28.7. The Kier molecular flexibility index (Phi) is 10.3. The lowest BCUT2D eigenvalue weighted by Crippen LogP contribution is -2.69. The SMILES string of the molecule is COCCN1CC2CCC(C(=O)NO)(C1)N2S(=O)N1CCC(Oc2ccc(Cl)cc2)CC1.O=CO. The van der Waals surface area contributed by atoms with Crippen LogP contribution in [0.15, 0.2) is 24.3 Å². The minimum atomic E-state index is -1.47. The van der Waals surface area contributed by atoms with Crippen LogP contribution in [0.3, 0.4) is 0 Å². The number of nitrogens with one attached hydrogen (secondary N) is 1. The molecule has 3 saturated heterocycles. The Hall–Kier alpha value is -1.80. The van der Waals surface area contributed by atoms with Gasteiger partial charge in [-0.15, -0.1) is 0 Å². The van der Waals surface area contributed by atoms with Crippen LogP contribution in [0.1, 0.15) is 25.7 Å². The molecule has 3 fully saturated rings. The van der Waals surface area contributed by atoms with Crippen molar-refractivity contribution in [1.82, 2.24) is 19.0 Å². The second-order valence-corrected chi connectivity index (χ2v) is 10.6. The van der Waals surface area contributed by atoms with Crippen molar-refractivity contribution in [2.45, 2.75) is 43.4 Å². The fraction of sp³-hybridized carbons (Fsp3) is 0.636. The first-order valence-corrected chi connectivity index (χ1v) is 12.9. The highest BCUT2D eigenvalue weighted by Crippen LogP contribution is 2.41. The predicted molar refractivity (Wildman–Crippen MR) is 129 cm³/mol. The summed E-state index contributed by atoms with van der Waals surface area (Å²) in [5, 5.41) is 17.0. The molecule has 0 spiro atoms. The first-order chi connectivity index (χ1) is 16.9. The number of hydrogen-bond donors (Lipinski definition) is 3. The van der Waals surface area contributed by atoms with E-state index in [-0.39, 0.29) is 18.6 Å². The topological polar surface area (TPSA) is 132 Å². The van der Waals surface area contributed by atoms with Crippen molar-refractivity contribution in [2.75, 3.05) is 46.4 Å². The van der Waals surface area contributed by atoms with E-state index < -0.39 is 22.6 Å². The molecule has 2 bridgehead atoms. The highest BCUT2D eigenvalue weighted by molar-refractivity contribution is 7.80. The van der Waals surface area contributed by atoms with Gasteiger partial charge in [0.1, 0.15) is 17.4 Å². The van der Waals surface area contributed by atoms with Gasteiger partial charge in [0.05, 0.1) is 6.61 Å². The van der Waals surface area contributed by atoms with Crippen molar-refractivity contribution in [1.29, 1.82) is 0 Å². The number of rotatable bonds is 8. The van der Waals surface area contributed by atoms with Gasteiger partial charge in [-0.25, -0.2) is 14.0 Å². The molecule has 3 aliphatic rings. The largest absolute Gasteiger partial charge is 0.490 e. The fourth-order valence-electron chi connectivity index (χ4n) is 5.02. The van der Waals surface area contributed by atoms with E-state index in [2.05, 4.69) is 4.90 Å². The van der Waals surface area contributed by atoms with Gasteiger partial charge in [-0.05, 0) is 49.9 Å². The molecule has 3 unspecified atom stereocenters. The molecule has 0 aromatic heterocycles. The number of hydroxylamine groups is 1. The Morgan fingerprint density at radius 1 is 1.29 bits per heavy atom. The Balaban J connectivity index is 0.00000108. The highest BCUT2D eigenvalue weighted by Gasteiger charge is 2.59. The number of fused-ring (bicyclic) bond motifs is 2. The van der Waals surface area contributed by atoms with Gasteiger partial charge in [0, 0.05) is 50.9 Å². The molecular formula is C22H33ClN4O7S. The van der Waals surface area contributed by atoms with Crippen molar-refractivity contribution in [3.8, 4) is 5.75 Å². The molecule has 3 N–H and O–H groups in total. The van der Waals surface area contributed by atoms with E-state index in [1.165, 1.54) is 0 Å². The van der Waals surface area contributed by atoms with Gasteiger partial charge < -0.3 is 14.6 Å². The van der Waals surface area contributed by atoms with E-state index in [4.69, 9.17) is 31.0 Å². The Morgan fingerprint density at radius 3 is 2.54 bits per heavy atom. The first-order valence-electron chi connectivity index (χ1n) is 11.5. The van der Waals surface area contributed by atoms with Gasteiger partial charge in [0.15, 0.2) is 11.2 Å². The smallest absolute Gasteiger partial charge is 0.290 e. The molecule has 11 nitrogen and oxygen atoms in total. The number of carbonyl (C=O) groups is 2. The van der Waals surface area contributed by atoms with Crippen LogP contribution in [0.4, 0.5) is 0 Å². The van der Waals surface area contributed by atoms with E-state index in [9.17, 15) is 14.2 Å². The van der Waals surface area contributed by atoms with Crippen LogP contribution in [0, 0.1) is 0 Å². The molecule has 3 atom stereocenters. The number of piperazine rings is 1. The zero-order chi connectivity index (χ0) is 25.4. The van der Waals surface area contributed by atoms with E-state index in [0.717, 1.165) is 31.6 Å². The van der Waals surface area contributed by atoms with Crippen molar-refractivity contribution in [2.24, 2.45) is 0 Å². The van der Waals surface area contributed by atoms with E-state index in [0.29, 0.717) is 44.2 Å². The summed E-state index contributed by atoms with van der Waals surface area (Å²) in [4.78, 5) is 23.3. The van der Waals surface area contributed by atoms with Crippen LogP contribution < -0.4 is 10.2 Å². The highest BCUT2D eigenvalue weighted by atomic mass is 35.5. The van der Waals surface area contributed by atoms with Crippen LogP contribution in [0.5, 0.6) is 5.75 Å². The summed E-state index contributed by atoms with van der Waals surface area (Å²) >= 11 is 4.46. The third-order valence-electron chi connectivity index (χ3n) is 6.64. The van der Waals surface area contributed by atoms with Crippen molar-refractivity contribution in [3.05, 3.63) is 29.3 Å². The third-order valence-corrected chi connectivity index (χ3v) is 8.68. The minimum Gasteiger partial charge on any atom is -0.490 e. The lowest BCUT2D eigenvalue weighted by atomic mass is 9.96. The van der Waals surface area contributed by atoms with Gasteiger partial charge in [0.2, 0.25) is 0 Å². The summed E-state index contributed by atoms with van der Waals surface area (Å²) in [6.07, 6.45) is 2.86. The first kappa shape index (κ1) is 27.8. The molecule has 0 saturated carbocycles. The molecule has 3 heterocycles. The molecule has 0 aliphatic carbocycles. The average Bonchev–Trinajstić information content (AvgIpc) is 3.11. The Morgan fingerprint density at radius 2 is 1.94 bits per heavy atom. The number of methoxy groups -OCH3 is 1. The van der Waals surface area contributed by atoms with Gasteiger partial charge in [-0.1, -0.05) is 11.6 Å². The van der Waals surface area contributed by atoms with Gasteiger partial charge in [-0.2, -0.15) is 4.31 Å². The molecule has 196 valence electrons. The average molecular weight is 533 g/mol. The number of carbonyl (C=O) groups excluding carboxylic acids is 1. The number of likely N-dealkylation sites (tertiary alicyclic amines) is 1. The molecular weight excluding hydrogens is 500 g/mol. The monoisotopic (exact) mass is 532 g/mol. The van der Waals surface area contributed by atoms with Gasteiger partial charge in [-0.3, -0.25) is 19.7 Å². The van der Waals surface area contributed by atoms with E-state index in [1.54, 1.807) is 19.2 Å². The molecule has 1 amide bonds. The summed E-state index contributed by atoms with van der Waals surface area (Å²) in [5.41, 5.74) is 0.828. The summed E-state index contributed by atoms with van der Waals surface area (Å²) in [6, 6.07) is 7.29. The molecule has 35 heavy (non-hydrogen) atoms. The number of benzene rings is 1. The van der Waals surface area contributed by atoms with Gasteiger partial charge in [0.25, 0.3) is 12.4 Å². The maximum absolute atomic E-state index is 13.7. The maximum Gasteiger partial charge on any atom is 0.290 e. The number of amides is 1. The van der Waals surface area contributed by atoms with Crippen LogP contribution in [0.2, 0.25) is 5.02 Å². The van der Waals surface area contributed by atoms with Crippen LogP contribution in [0.25, 0.3) is 0 Å². The number of ether oxygens (including phenoxy) is 2. The standard InChI is InChI=1S/C21H31ClN4O5S.CH2O2/c1-30-13-12-24-14-17-6-9-21(15-24,20(27)23-28)26(17)32(29)25-10-7-19(8-11-25)31-18-4-2-16(22)3-5-18;2-1-3/h2-5,17,19,28H,6-15H2,1H3,(H,23,27);1H,(H,2,3). The minimum absolute atomic E-state index is 0.0122. The number of nitrogens with zero attached hydrogens (tertiary/aromatic N) is 3. The van der Waals surface area contributed by atoms with Crippen molar-refractivity contribution >= 4 is 35.2 Å². The van der Waals surface area contributed by atoms with Crippen molar-refractivity contribution < 1.29 is 33.6 Å². The lowest BCUT2D eigenvalue weighted by Gasteiger charge is -2.48. The molecule has 4 rings (SSSR count). The number of hydrogen-bond acceptors (Lipinski definition) is 7. The third kappa shape index (κ3) is 6.50. The lowest BCUT2D eigenvalue weighted by molar-refractivity contribution is -0.141. The summed E-state index contributed by atoms with van der Waals surface area (Å²) in [5.74, 6) is 0.286. The quantitative estimate of drug-likeness (QED) is 0.258. The summed E-state index contributed by atoms with van der Waals surface area (Å²) in [6.45, 7) is 3.37. The van der Waals surface area contributed by atoms with Crippen LogP contribution in [-0.2, 0) is 25.5 Å². The summed E-state index contributed by atoms with van der Waals surface area (Å²) in [7, 11) is 1.65. The molecule has 1 aromatic rings. The molecule has 3 aliphatic heterocycles. The number of carboxylic acid groups (broad SMARTS) is 1. The van der Waals surface area contributed by atoms with Crippen molar-refractivity contribution in [3.63, 3.8) is 0 Å². The molecule has 13 heteroatoms. The normalized spacial score (nSPS) is 26.4. The fourth-order valence-corrected chi connectivity index (χ4v) is 6.88. The maximum atomic E-state index is 13.7. The number of halogens is 1. The molecule has 0 radical (unpaired) electrons. The predicted octanol–water partition coefficient (Wildman–Crippen LogP) is 1.13. The van der Waals surface area contributed by atoms with Crippen LogP contribution >= 0.6 is 11.6 Å². The van der Waals surface area contributed by atoms with E-state index >= 15 is 0 Å². The zero-order valence-electron chi connectivity index (χ0n) is 19.7. The Bertz CT molecular complexity index is 872. The number of piperidine rings is 1. The zero-order valence-corrected chi connectivity index (χ0v) is 21.2. The molecule has 1 aromatic carbocycles.